The van der Waals surface area contributed by atoms with Gasteiger partial charge in [-0.25, -0.2) is 5.43 Å². The van der Waals surface area contributed by atoms with Gasteiger partial charge >= 0.3 is 0 Å². The van der Waals surface area contributed by atoms with Gasteiger partial charge in [0.05, 0.1) is 0 Å². The number of carbonyl (C=O) groups excluding carboxylic acids is 1. The molecule has 0 aliphatic carbocycles. The Labute approximate surface area is 152 Å². The van der Waals surface area contributed by atoms with E-state index in [0.29, 0.717) is 5.75 Å². The molecule has 6 nitrogen and oxygen atoms in total. The summed E-state index contributed by atoms with van der Waals surface area (Å²) in [5.41, 5.74) is 5.58. The molecule has 3 rings (SSSR count). The second kappa shape index (κ2) is 8.38. The Morgan fingerprint density at radius 1 is 1.19 bits per heavy atom. The van der Waals surface area contributed by atoms with Crippen LogP contribution in [0, 0.1) is 6.92 Å². The third-order valence-electron chi connectivity index (χ3n) is 3.94. The number of fused-ring (bicyclic) bond motifs is 1. The standard InChI is InChI=1S/C20H22N2O4/c1-14-4-3-5-17(10-14)24-12-20(23)22-21-15(2)6-7-16-8-9-18-19(11-16)26-13-25-18/h3-5,8-11H,6-7,12-13H2,1-2H3,(H,22,23). The van der Waals surface area contributed by atoms with Crippen LogP contribution in [0.2, 0.25) is 0 Å². The number of hydrogen-bond acceptors (Lipinski definition) is 5. The van der Waals surface area contributed by atoms with E-state index < -0.39 is 0 Å². The SMILES string of the molecule is CC(CCc1ccc2c(c1)OCO2)=NNC(=O)COc1cccc(C)c1. The van der Waals surface area contributed by atoms with E-state index in [4.69, 9.17) is 14.2 Å². The highest BCUT2D eigenvalue weighted by Gasteiger charge is 2.13. The summed E-state index contributed by atoms with van der Waals surface area (Å²) in [6.45, 7) is 4.06. The molecule has 6 heteroatoms. The smallest absolute Gasteiger partial charge is 0.277 e. The Bertz CT molecular complexity index is 817. The molecule has 0 saturated heterocycles. The lowest BCUT2D eigenvalue weighted by molar-refractivity contribution is -0.123. The summed E-state index contributed by atoms with van der Waals surface area (Å²) in [5.74, 6) is 1.94. The molecule has 136 valence electrons. The van der Waals surface area contributed by atoms with E-state index >= 15 is 0 Å². The first-order chi connectivity index (χ1) is 12.6. The van der Waals surface area contributed by atoms with Crippen molar-refractivity contribution >= 4 is 11.6 Å². The van der Waals surface area contributed by atoms with Gasteiger partial charge in [0, 0.05) is 5.71 Å². The molecule has 0 aromatic heterocycles. The Hall–Kier alpha value is -3.02. The van der Waals surface area contributed by atoms with Gasteiger partial charge in [0.15, 0.2) is 18.1 Å². The first kappa shape index (κ1) is 17.8. The van der Waals surface area contributed by atoms with Gasteiger partial charge in [-0.3, -0.25) is 4.79 Å². The topological polar surface area (TPSA) is 69.2 Å². The molecule has 0 spiro atoms. The number of nitrogens with zero attached hydrogens (tertiary/aromatic N) is 1. The van der Waals surface area contributed by atoms with Crippen LogP contribution < -0.4 is 19.6 Å². The number of carbonyl (C=O) groups is 1. The number of benzene rings is 2. The van der Waals surface area contributed by atoms with E-state index in [1.807, 2.05) is 56.3 Å². The molecule has 1 heterocycles. The molecule has 1 N–H and O–H groups in total. The van der Waals surface area contributed by atoms with Gasteiger partial charge in [-0.05, 0) is 62.1 Å². The summed E-state index contributed by atoms with van der Waals surface area (Å²) >= 11 is 0. The quantitative estimate of drug-likeness (QED) is 0.612. The predicted molar refractivity (Wildman–Crippen MR) is 98.8 cm³/mol. The average Bonchev–Trinajstić information content (AvgIpc) is 3.11. The normalized spacial score (nSPS) is 12.8. The van der Waals surface area contributed by atoms with Crippen LogP contribution in [0.5, 0.6) is 17.2 Å². The number of amides is 1. The van der Waals surface area contributed by atoms with Crippen LogP contribution in [0.15, 0.2) is 47.6 Å². The summed E-state index contributed by atoms with van der Waals surface area (Å²) < 4.78 is 16.1. The number of nitrogens with one attached hydrogen (secondary N) is 1. The molecule has 2 aromatic carbocycles. The molecule has 0 atom stereocenters. The van der Waals surface area contributed by atoms with Crippen molar-refractivity contribution < 1.29 is 19.0 Å². The molecule has 1 amide bonds. The van der Waals surface area contributed by atoms with Gasteiger partial charge in [-0.1, -0.05) is 18.2 Å². The van der Waals surface area contributed by atoms with E-state index in [2.05, 4.69) is 10.5 Å². The van der Waals surface area contributed by atoms with Crippen LogP contribution in [0.25, 0.3) is 0 Å². The summed E-state index contributed by atoms with van der Waals surface area (Å²) in [4.78, 5) is 11.8. The molecule has 0 radical (unpaired) electrons. The molecule has 1 aliphatic heterocycles. The van der Waals surface area contributed by atoms with Crippen LogP contribution in [-0.2, 0) is 11.2 Å². The van der Waals surface area contributed by atoms with E-state index in [1.54, 1.807) is 0 Å². The van der Waals surface area contributed by atoms with Gasteiger partial charge in [-0.2, -0.15) is 5.10 Å². The average molecular weight is 354 g/mol. The van der Waals surface area contributed by atoms with Crippen LogP contribution in [0.1, 0.15) is 24.5 Å². The van der Waals surface area contributed by atoms with Crippen LogP contribution in [-0.4, -0.2) is 25.0 Å². The fourth-order valence-electron chi connectivity index (χ4n) is 2.52. The summed E-state index contributed by atoms with van der Waals surface area (Å²) in [5, 5.41) is 4.12. The highest BCUT2D eigenvalue weighted by Crippen LogP contribution is 2.32. The fraction of sp³-hybridized carbons (Fsp3) is 0.300. The van der Waals surface area contributed by atoms with Gasteiger partial charge in [0.25, 0.3) is 5.91 Å². The van der Waals surface area contributed by atoms with E-state index in [9.17, 15) is 4.79 Å². The van der Waals surface area contributed by atoms with Crippen molar-refractivity contribution in [3.8, 4) is 17.2 Å². The minimum Gasteiger partial charge on any atom is -0.484 e. The monoisotopic (exact) mass is 354 g/mol. The second-order valence-corrected chi connectivity index (χ2v) is 6.17. The highest BCUT2D eigenvalue weighted by atomic mass is 16.7. The molecule has 1 aliphatic rings. The lowest BCUT2D eigenvalue weighted by atomic mass is 10.1. The van der Waals surface area contributed by atoms with E-state index in [0.717, 1.165) is 41.2 Å². The molecule has 26 heavy (non-hydrogen) atoms. The largest absolute Gasteiger partial charge is 0.484 e. The zero-order valence-corrected chi connectivity index (χ0v) is 15.0. The zero-order valence-electron chi connectivity index (χ0n) is 15.0. The molecule has 2 aromatic rings. The number of hydrogen-bond donors (Lipinski definition) is 1. The lowest BCUT2D eigenvalue weighted by Gasteiger charge is -2.07. The Balaban J connectivity index is 1.42. The van der Waals surface area contributed by atoms with Crippen molar-refractivity contribution in [3.63, 3.8) is 0 Å². The third kappa shape index (κ3) is 4.99. The summed E-state index contributed by atoms with van der Waals surface area (Å²) in [6.07, 6.45) is 1.54. The van der Waals surface area contributed by atoms with Gasteiger partial charge in [-0.15, -0.1) is 0 Å². The van der Waals surface area contributed by atoms with Gasteiger partial charge in [0.1, 0.15) is 5.75 Å². The number of ether oxygens (including phenoxy) is 3. The van der Waals surface area contributed by atoms with Gasteiger partial charge < -0.3 is 14.2 Å². The Kier molecular flexibility index (Phi) is 5.73. The molecule has 0 saturated carbocycles. The summed E-state index contributed by atoms with van der Waals surface area (Å²) in [7, 11) is 0. The van der Waals surface area contributed by atoms with Crippen molar-refractivity contribution in [2.75, 3.05) is 13.4 Å². The van der Waals surface area contributed by atoms with Crippen LogP contribution in [0.3, 0.4) is 0 Å². The third-order valence-corrected chi connectivity index (χ3v) is 3.94. The minimum atomic E-state index is -0.283. The molecule has 0 unspecified atom stereocenters. The minimum absolute atomic E-state index is 0.0671. The molecular formula is C20H22N2O4. The van der Waals surface area contributed by atoms with Gasteiger partial charge in [0.2, 0.25) is 6.79 Å². The van der Waals surface area contributed by atoms with Crippen molar-refractivity contribution in [1.29, 1.82) is 0 Å². The van der Waals surface area contributed by atoms with E-state index in [-0.39, 0.29) is 19.3 Å². The van der Waals surface area contributed by atoms with Crippen LogP contribution >= 0.6 is 0 Å². The molecular weight excluding hydrogens is 332 g/mol. The lowest BCUT2D eigenvalue weighted by Crippen LogP contribution is -2.25. The zero-order chi connectivity index (χ0) is 18.4. The van der Waals surface area contributed by atoms with Crippen molar-refractivity contribution in [1.82, 2.24) is 5.43 Å². The maximum absolute atomic E-state index is 11.8. The highest BCUT2D eigenvalue weighted by molar-refractivity contribution is 5.85. The first-order valence-corrected chi connectivity index (χ1v) is 8.50. The van der Waals surface area contributed by atoms with Crippen molar-refractivity contribution in [2.24, 2.45) is 5.10 Å². The number of aryl methyl sites for hydroxylation is 2. The van der Waals surface area contributed by atoms with Crippen LogP contribution in [0.4, 0.5) is 0 Å². The van der Waals surface area contributed by atoms with Crippen molar-refractivity contribution in [2.45, 2.75) is 26.7 Å². The van der Waals surface area contributed by atoms with E-state index in [1.165, 1.54) is 0 Å². The predicted octanol–water partition coefficient (Wildman–Crippen LogP) is 3.23. The fourth-order valence-corrected chi connectivity index (χ4v) is 2.52. The summed E-state index contributed by atoms with van der Waals surface area (Å²) in [6, 6.07) is 13.5. The molecule has 0 fully saturated rings. The maximum Gasteiger partial charge on any atom is 0.277 e. The number of rotatable bonds is 7. The molecule has 0 bridgehead atoms. The Morgan fingerprint density at radius 3 is 2.88 bits per heavy atom. The second-order valence-electron chi connectivity index (χ2n) is 6.17. The number of hydrazone groups is 1. The first-order valence-electron chi connectivity index (χ1n) is 8.50. The van der Waals surface area contributed by atoms with Crippen molar-refractivity contribution in [3.05, 3.63) is 53.6 Å². The Morgan fingerprint density at radius 2 is 2.04 bits per heavy atom. The maximum atomic E-state index is 11.8.